The maximum absolute atomic E-state index is 6.45. The summed E-state index contributed by atoms with van der Waals surface area (Å²) in [5.41, 5.74) is 0. The molecule has 2 nitrogen and oxygen atoms in total. The van der Waals surface area contributed by atoms with E-state index in [2.05, 4.69) is 34.6 Å². The van der Waals surface area contributed by atoms with Crippen LogP contribution in [0.3, 0.4) is 0 Å². The molecule has 0 aliphatic carbocycles. The fourth-order valence-electron chi connectivity index (χ4n) is 2.30. The molecule has 0 heterocycles. The summed E-state index contributed by atoms with van der Waals surface area (Å²) in [6.07, 6.45) is 5.37. The first-order chi connectivity index (χ1) is 9.21. The van der Waals surface area contributed by atoms with Crippen molar-refractivity contribution >= 4 is 27.4 Å². The van der Waals surface area contributed by atoms with Crippen LogP contribution in [0.1, 0.15) is 60.3 Å². The third kappa shape index (κ3) is 10.0. The first-order valence-electron chi connectivity index (χ1n) is 8.52. The molecule has 0 N–H and O–H groups in total. The van der Waals surface area contributed by atoms with Crippen molar-refractivity contribution in [3.05, 3.63) is 0 Å². The van der Waals surface area contributed by atoms with Crippen molar-refractivity contribution in [3.8, 4) is 0 Å². The van der Waals surface area contributed by atoms with Crippen LogP contribution in [0, 0.1) is 0 Å². The molecule has 0 aliphatic heterocycles. The molecule has 0 aromatic carbocycles. The molecular formula is C14H36O2Si3. The van der Waals surface area contributed by atoms with Crippen molar-refractivity contribution in [2.75, 3.05) is 0 Å². The van der Waals surface area contributed by atoms with Gasteiger partial charge in [0.15, 0.2) is 18.1 Å². The molecule has 0 radical (unpaired) electrons. The number of rotatable bonds is 13. The first-order valence-corrected chi connectivity index (χ1v) is 14.5. The predicted molar refractivity (Wildman–Crippen MR) is 94.5 cm³/mol. The molecule has 116 valence electrons. The highest BCUT2D eigenvalue weighted by molar-refractivity contribution is 6.68. The maximum atomic E-state index is 6.45. The number of hydrogen-bond donors (Lipinski definition) is 0. The fraction of sp³-hybridized carbons (Fsp3) is 1.00. The van der Waals surface area contributed by atoms with E-state index in [1.807, 2.05) is 0 Å². The van der Waals surface area contributed by atoms with Gasteiger partial charge >= 0.3 is 0 Å². The van der Waals surface area contributed by atoms with E-state index in [0.29, 0.717) is 0 Å². The van der Waals surface area contributed by atoms with Gasteiger partial charge in [0.05, 0.1) is 0 Å². The molecule has 0 bridgehead atoms. The second-order valence-corrected chi connectivity index (χ2v) is 14.8. The van der Waals surface area contributed by atoms with E-state index in [0.717, 1.165) is 0 Å². The molecular weight excluding hydrogens is 284 g/mol. The van der Waals surface area contributed by atoms with Crippen LogP contribution in [0.15, 0.2) is 0 Å². The van der Waals surface area contributed by atoms with Crippen LogP contribution in [-0.2, 0) is 8.23 Å². The normalized spacial score (nSPS) is 12.0. The van der Waals surface area contributed by atoms with Crippen molar-refractivity contribution in [1.29, 1.82) is 0 Å². The molecule has 0 atom stereocenters. The monoisotopic (exact) mass is 320 g/mol. The standard InChI is InChI=1S/C14H36O2Si3/c1-6-11-12-13-14-19(15-17(7-2)8-3)16-18(9-4)10-5/h17-19H,6-14H2,1-5H3. The van der Waals surface area contributed by atoms with Gasteiger partial charge in [0.2, 0.25) is 0 Å². The minimum atomic E-state index is -1.34. The van der Waals surface area contributed by atoms with Crippen LogP contribution in [0.4, 0.5) is 0 Å². The van der Waals surface area contributed by atoms with Gasteiger partial charge in [-0.25, -0.2) is 0 Å². The van der Waals surface area contributed by atoms with E-state index in [9.17, 15) is 0 Å². The van der Waals surface area contributed by atoms with Gasteiger partial charge in [-0.1, -0.05) is 60.3 Å². The summed E-state index contributed by atoms with van der Waals surface area (Å²) in [4.78, 5) is 0. The zero-order valence-electron chi connectivity index (χ0n) is 13.9. The van der Waals surface area contributed by atoms with Crippen molar-refractivity contribution in [2.45, 2.75) is 90.5 Å². The Labute approximate surface area is 126 Å². The zero-order chi connectivity index (χ0) is 14.5. The summed E-state index contributed by atoms with van der Waals surface area (Å²) in [6.45, 7) is 11.4. The Bertz CT molecular complexity index is 172. The molecule has 0 unspecified atom stereocenters. The van der Waals surface area contributed by atoms with E-state index in [4.69, 9.17) is 8.23 Å². The third-order valence-electron chi connectivity index (χ3n) is 3.80. The van der Waals surface area contributed by atoms with Crippen molar-refractivity contribution < 1.29 is 8.23 Å². The van der Waals surface area contributed by atoms with Gasteiger partial charge in [0, 0.05) is 0 Å². The highest BCUT2D eigenvalue weighted by atomic mass is 28.4. The lowest BCUT2D eigenvalue weighted by Crippen LogP contribution is -2.36. The van der Waals surface area contributed by atoms with Gasteiger partial charge in [-0.15, -0.1) is 0 Å². The predicted octanol–water partition coefficient (Wildman–Crippen LogP) is 4.35. The smallest absolute Gasteiger partial charge is 0.300 e. The second kappa shape index (κ2) is 13.5. The minimum Gasteiger partial charge on any atom is -0.441 e. The lowest BCUT2D eigenvalue weighted by atomic mass is 10.2. The number of unbranched alkanes of at least 4 members (excludes halogenated alkanes) is 3. The van der Waals surface area contributed by atoms with E-state index >= 15 is 0 Å². The molecule has 0 amide bonds. The van der Waals surface area contributed by atoms with Crippen LogP contribution < -0.4 is 0 Å². The largest absolute Gasteiger partial charge is 0.441 e. The Morgan fingerprint density at radius 3 is 1.47 bits per heavy atom. The lowest BCUT2D eigenvalue weighted by Gasteiger charge is -2.25. The molecule has 0 aromatic heterocycles. The van der Waals surface area contributed by atoms with Gasteiger partial charge in [0.25, 0.3) is 9.28 Å². The lowest BCUT2D eigenvalue weighted by molar-refractivity contribution is 0.422. The summed E-state index contributed by atoms with van der Waals surface area (Å²) in [5, 5.41) is 0. The Balaban J connectivity index is 4.19. The zero-order valence-corrected chi connectivity index (χ0v) is 17.4. The SMILES string of the molecule is CCCCCC[SiH](O[SiH](CC)CC)O[SiH](CC)CC. The van der Waals surface area contributed by atoms with Crippen molar-refractivity contribution in [1.82, 2.24) is 0 Å². The van der Waals surface area contributed by atoms with E-state index < -0.39 is 27.4 Å². The highest BCUT2D eigenvalue weighted by Crippen LogP contribution is 2.14. The molecule has 0 saturated carbocycles. The topological polar surface area (TPSA) is 18.5 Å². The summed E-state index contributed by atoms with van der Waals surface area (Å²) in [7, 11) is -3.20. The van der Waals surface area contributed by atoms with Crippen LogP contribution in [-0.4, -0.2) is 27.4 Å². The van der Waals surface area contributed by atoms with Crippen molar-refractivity contribution in [3.63, 3.8) is 0 Å². The highest BCUT2D eigenvalue weighted by Gasteiger charge is 2.21. The summed E-state index contributed by atoms with van der Waals surface area (Å²) < 4.78 is 12.9. The average molecular weight is 321 g/mol. The van der Waals surface area contributed by atoms with Crippen LogP contribution >= 0.6 is 0 Å². The molecule has 5 heteroatoms. The molecule has 0 rings (SSSR count). The Morgan fingerprint density at radius 2 is 1.11 bits per heavy atom. The molecule has 0 saturated heterocycles. The summed E-state index contributed by atoms with van der Waals surface area (Å²) >= 11 is 0. The van der Waals surface area contributed by atoms with E-state index in [-0.39, 0.29) is 0 Å². The van der Waals surface area contributed by atoms with Gasteiger partial charge in [-0.3, -0.25) is 0 Å². The van der Waals surface area contributed by atoms with E-state index in [1.54, 1.807) is 0 Å². The second-order valence-electron chi connectivity index (χ2n) is 5.43. The Kier molecular flexibility index (Phi) is 14.0. The quantitative estimate of drug-likeness (QED) is 0.371. The van der Waals surface area contributed by atoms with Crippen LogP contribution in [0.25, 0.3) is 0 Å². The van der Waals surface area contributed by atoms with Crippen LogP contribution in [0.2, 0.25) is 30.2 Å². The van der Waals surface area contributed by atoms with Gasteiger partial charge in [0.1, 0.15) is 0 Å². The molecule has 19 heavy (non-hydrogen) atoms. The van der Waals surface area contributed by atoms with Gasteiger partial charge in [-0.05, 0) is 30.2 Å². The summed E-state index contributed by atoms with van der Waals surface area (Å²) in [6, 6.07) is 6.32. The minimum absolute atomic E-state index is 0.931. The average Bonchev–Trinajstić information content (AvgIpc) is 2.45. The van der Waals surface area contributed by atoms with Gasteiger partial charge < -0.3 is 8.23 Å². The van der Waals surface area contributed by atoms with Gasteiger partial charge in [-0.2, -0.15) is 0 Å². The Morgan fingerprint density at radius 1 is 0.632 bits per heavy atom. The maximum Gasteiger partial charge on any atom is 0.300 e. The number of hydrogen-bond acceptors (Lipinski definition) is 2. The molecule has 0 aromatic rings. The molecule has 0 fully saturated rings. The summed E-state index contributed by atoms with van der Waals surface area (Å²) in [5.74, 6) is 0. The van der Waals surface area contributed by atoms with E-state index in [1.165, 1.54) is 55.9 Å². The van der Waals surface area contributed by atoms with Crippen molar-refractivity contribution in [2.24, 2.45) is 0 Å². The fourth-order valence-corrected chi connectivity index (χ4v) is 12.5. The van der Waals surface area contributed by atoms with Crippen LogP contribution in [0.5, 0.6) is 0 Å². The third-order valence-corrected chi connectivity index (χ3v) is 13.8. The first kappa shape index (κ1) is 19.6. The molecule has 0 spiro atoms. The molecule has 0 aliphatic rings. The Hall–Kier alpha value is 0.571.